The minimum absolute atomic E-state index is 0.0736. The van der Waals surface area contributed by atoms with E-state index in [-0.39, 0.29) is 29.4 Å². The molecule has 3 nitrogen and oxygen atoms in total. The largest absolute Gasteiger partial charge is 0.326 e. The van der Waals surface area contributed by atoms with Gasteiger partial charge < -0.3 is 5.32 Å². The molecule has 2 aromatic carbocycles. The van der Waals surface area contributed by atoms with Gasteiger partial charge >= 0.3 is 0 Å². The fourth-order valence-electron chi connectivity index (χ4n) is 4.46. The molecule has 0 spiro atoms. The number of hydrogen-bond acceptors (Lipinski definition) is 2. The van der Waals surface area contributed by atoms with E-state index in [0.717, 1.165) is 42.1 Å². The quantitative estimate of drug-likeness (QED) is 0.584. The molecule has 5 heteroatoms. The molecule has 0 radical (unpaired) electrons. The summed E-state index contributed by atoms with van der Waals surface area (Å²) in [5.74, 6) is -0.206. The van der Waals surface area contributed by atoms with Gasteiger partial charge in [-0.2, -0.15) is 0 Å². The molecule has 1 amide bonds. The van der Waals surface area contributed by atoms with Gasteiger partial charge in [0.05, 0.1) is 5.52 Å². The molecule has 0 saturated heterocycles. The summed E-state index contributed by atoms with van der Waals surface area (Å²) in [6.45, 7) is 1.94. The van der Waals surface area contributed by atoms with Crippen LogP contribution in [0.4, 0.5) is 14.5 Å². The maximum Gasteiger partial charge on any atom is 0.227 e. The number of aromatic nitrogens is 1. The van der Waals surface area contributed by atoms with Crippen LogP contribution in [-0.4, -0.2) is 10.9 Å². The Bertz CT molecular complexity index is 1030. The molecule has 0 bridgehead atoms. The van der Waals surface area contributed by atoms with Gasteiger partial charge in [-0.3, -0.25) is 9.78 Å². The first-order valence-corrected chi connectivity index (χ1v) is 10.1. The van der Waals surface area contributed by atoms with Gasteiger partial charge in [0.2, 0.25) is 5.91 Å². The lowest BCUT2D eigenvalue weighted by Gasteiger charge is -2.32. The van der Waals surface area contributed by atoms with Crippen molar-refractivity contribution >= 4 is 22.5 Å². The van der Waals surface area contributed by atoms with Gasteiger partial charge in [-0.05, 0) is 85.5 Å². The average Bonchev–Trinajstić information content (AvgIpc) is 2.73. The van der Waals surface area contributed by atoms with Crippen LogP contribution in [-0.2, 0) is 4.79 Å². The summed E-state index contributed by atoms with van der Waals surface area (Å²) in [6, 6.07) is 12.7. The van der Waals surface area contributed by atoms with Crippen LogP contribution in [0.25, 0.3) is 10.9 Å². The number of amides is 1. The van der Waals surface area contributed by atoms with E-state index in [2.05, 4.69) is 10.3 Å². The molecule has 150 valence electrons. The van der Waals surface area contributed by atoms with Crippen molar-refractivity contribution in [3.05, 3.63) is 71.9 Å². The maximum atomic E-state index is 13.7. The third-order valence-electron chi connectivity index (χ3n) is 6.16. The highest BCUT2D eigenvalue weighted by molar-refractivity contribution is 5.92. The van der Waals surface area contributed by atoms with Crippen LogP contribution in [0, 0.1) is 23.5 Å². The van der Waals surface area contributed by atoms with Gasteiger partial charge in [0.25, 0.3) is 0 Å². The minimum Gasteiger partial charge on any atom is -0.326 e. The van der Waals surface area contributed by atoms with Crippen molar-refractivity contribution in [2.24, 2.45) is 11.8 Å². The zero-order chi connectivity index (χ0) is 20.4. The smallest absolute Gasteiger partial charge is 0.227 e. The Morgan fingerprint density at radius 1 is 1.03 bits per heavy atom. The molecule has 3 aromatic rings. The SMILES string of the molecule is CC(C(=O)Nc1cccc(F)c1)C1CCC(c2ccnc3ccc(F)cc23)CC1. The maximum absolute atomic E-state index is 13.7. The Balaban J connectivity index is 1.41. The second kappa shape index (κ2) is 8.27. The van der Waals surface area contributed by atoms with E-state index < -0.39 is 0 Å². The molecule has 1 fully saturated rings. The third-order valence-corrected chi connectivity index (χ3v) is 6.16. The number of nitrogens with zero attached hydrogens (tertiary/aromatic N) is 1. The predicted octanol–water partition coefficient (Wildman–Crippen LogP) is 6.06. The van der Waals surface area contributed by atoms with Gasteiger partial charge in [0.15, 0.2) is 0 Å². The Hall–Kier alpha value is -2.82. The summed E-state index contributed by atoms with van der Waals surface area (Å²) in [6.07, 6.45) is 5.57. The molecule has 1 saturated carbocycles. The molecule has 1 aliphatic rings. The highest BCUT2D eigenvalue weighted by atomic mass is 19.1. The van der Waals surface area contributed by atoms with Gasteiger partial charge in [-0.15, -0.1) is 0 Å². The Labute approximate surface area is 169 Å². The van der Waals surface area contributed by atoms with Gasteiger partial charge in [0, 0.05) is 23.2 Å². The van der Waals surface area contributed by atoms with E-state index in [4.69, 9.17) is 0 Å². The number of nitrogens with one attached hydrogen (secondary N) is 1. The summed E-state index contributed by atoms with van der Waals surface area (Å²) < 4.78 is 27.1. The lowest BCUT2D eigenvalue weighted by atomic mass is 9.73. The summed E-state index contributed by atoms with van der Waals surface area (Å²) >= 11 is 0. The number of anilines is 1. The minimum atomic E-state index is -0.364. The zero-order valence-corrected chi connectivity index (χ0v) is 16.4. The van der Waals surface area contributed by atoms with E-state index in [1.165, 1.54) is 18.2 Å². The first-order chi connectivity index (χ1) is 14.0. The van der Waals surface area contributed by atoms with Crippen molar-refractivity contribution in [2.45, 2.75) is 38.5 Å². The van der Waals surface area contributed by atoms with Crippen LogP contribution in [0.5, 0.6) is 0 Å². The molecule has 1 unspecified atom stereocenters. The van der Waals surface area contributed by atoms with Crippen molar-refractivity contribution in [3.63, 3.8) is 0 Å². The van der Waals surface area contributed by atoms with Crippen LogP contribution in [0.3, 0.4) is 0 Å². The lowest BCUT2D eigenvalue weighted by Crippen LogP contribution is -2.29. The molecule has 1 N–H and O–H groups in total. The summed E-state index contributed by atoms with van der Waals surface area (Å²) in [5.41, 5.74) is 2.44. The van der Waals surface area contributed by atoms with Crippen LogP contribution < -0.4 is 5.32 Å². The number of rotatable bonds is 4. The number of pyridine rings is 1. The lowest BCUT2D eigenvalue weighted by molar-refractivity contribution is -0.121. The van der Waals surface area contributed by atoms with Gasteiger partial charge in [-0.25, -0.2) is 8.78 Å². The molecular formula is C24H24F2N2O. The fraction of sp³-hybridized carbons (Fsp3) is 0.333. The van der Waals surface area contributed by atoms with E-state index in [9.17, 15) is 13.6 Å². The van der Waals surface area contributed by atoms with Crippen molar-refractivity contribution in [1.29, 1.82) is 0 Å². The Morgan fingerprint density at radius 2 is 1.79 bits per heavy atom. The standard InChI is InChI=1S/C24H24F2N2O/c1-15(24(29)28-20-4-2-3-18(25)13-20)16-5-7-17(8-6-16)21-11-12-27-23-10-9-19(26)14-22(21)23/h2-4,9-17H,5-8H2,1H3,(H,28,29). The number of fused-ring (bicyclic) bond motifs is 1. The molecule has 1 heterocycles. The third kappa shape index (κ3) is 4.29. The number of halogens is 2. The summed E-state index contributed by atoms with van der Waals surface area (Å²) in [7, 11) is 0. The number of carbonyl (C=O) groups excluding carboxylic acids is 1. The number of carbonyl (C=O) groups is 1. The Kier molecular flexibility index (Phi) is 5.56. The highest BCUT2D eigenvalue weighted by Crippen LogP contribution is 2.41. The topological polar surface area (TPSA) is 42.0 Å². The molecular weight excluding hydrogens is 370 g/mol. The van der Waals surface area contributed by atoms with Crippen molar-refractivity contribution in [1.82, 2.24) is 4.98 Å². The molecule has 29 heavy (non-hydrogen) atoms. The molecule has 1 aliphatic carbocycles. The summed E-state index contributed by atoms with van der Waals surface area (Å²) in [5, 5.41) is 3.71. The van der Waals surface area contributed by atoms with Crippen molar-refractivity contribution < 1.29 is 13.6 Å². The van der Waals surface area contributed by atoms with E-state index >= 15 is 0 Å². The number of benzene rings is 2. The van der Waals surface area contributed by atoms with Crippen molar-refractivity contribution in [3.8, 4) is 0 Å². The first-order valence-electron chi connectivity index (χ1n) is 10.1. The second-order valence-corrected chi connectivity index (χ2v) is 7.96. The monoisotopic (exact) mass is 394 g/mol. The van der Waals surface area contributed by atoms with Gasteiger partial charge in [-0.1, -0.05) is 13.0 Å². The predicted molar refractivity (Wildman–Crippen MR) is 111 cm³/mol. The molecule has 1 atom stereocenters. The summed E-state index contributed by atoms with van der Waals surface area (Å²) in [4.78, 5) is 16.9. The number of hydrogen-bond donors (Lipinski definition) is 1. The molecule has 4 rings (SSSR count). The van der Waals surface area contributed by atoms with Crippen LogP contribution in [0.15, 0.2) is 54.7 Å². The zero-order valence-electron chi connectivity index (χ0n) is 16.4. The van der Waals surface area contributed by atoms with E-state index in [0.29, 0.717) is 11.6 Å². The van der Waals surface area contributed by atoms with E-state index in [1.807, 2.05) is 13.0 Å². The van der Waals surface area contributed by atoms with Crippen LogP contribution in [0.1, 0.15) is 44.1 Å². The highest BCUT2D eigenvalue weighted by Gasteiger charge is 2.30. The van der Waals surface area contributed by atoms with Crippen LogP contribution >= 0.6 is 0 Å². The average molecular weight is 394 g/mol. The van der Waals surface area contributed by atoms with E-state index in [1.54, 1.807) is 30.5 Å². The van der Waals surface area contributed by atoms with Crippen molar-refractivity contribution in [2.75, 3.05) is 5.32 Å². The fourth-order valence-corrected chi connectivity index (χ4v) is 4.46. The first kappa shape index (κ1) is 19.5. The second-order valence-electron chi connectivity index (χ2n) is 7.96. The normalized spacial score (nSPS) is 20.4. The Morgan fingerprint density at radius 3 is 2.55 bits per heavy atom. The van der Waals surface area contributed by atoms with Gasteiger partial charge in [0.1, 0.15) is 11.6 Å². The van der Waals surface area contributed by atoms with Crippen LogP contribution in [0.2, 0.25) is 0 Å². The molecule has 0 aliphatic heterocycles. The molecule has 1 aromatic heterocycles.